The van der Waals surface area contributed by atoms with Gasteiger partial charge in [0.25, 0.3) is 0 Å². The van der Waals surface area contributed by atoms with Gasteiger partial charge in [0.05, 0.1) is 42.9 Å². The Balaban J connectivity index is 2.26. The predicted molar refractivity (Wildman–Crippen MR) is 161 cm³/mol. The van der Waals surface area contributed by atoms with Crippen LogP contribution in [0.5, 0.6) is 28.7 Å². The summed E-state index contributed by atoms with van der Waals surface area (Å²) in [6.45, 7) is 9.07. The number of carbonyl (C=O) groups excluding carboxylic acids is 2. The molecule has 1 aliphatic carbocycles. The van der Waals surface area contributed by atoms with Gasteiger partial charge in [-0.05, 0) is 58.3 Å². The van der Waals surface area contributed by atoms with Crippen LogP contribution in [0.3, 0.4) is 0 Å². The molecule has 0 heterocycles. The monoisotopic (exact) mass is 568 g/mol. The molecule has 3 aromatic rings. The van der Waals surface area contributed by atoms with Crippen LogP contribution in [0.2, 0.25) is 0 Å². The minimum atomic E-state index is -0.741. The van der Waals surface area contributed by atoms with Gasteiger partial charge < -0.3 is 23.7 Å². The number of fused-ring (bicyclic) bond motifs is 3. The van der Waals surface area contributed by atoms with Gasteiger partial charge in [0.15, 0.2) is 0 Å². The van der Waals surface area contributed by atoms with Gasteiger partial charge in [0.2, 0.25) is 0 Å². The molecule has 8 heteroatoms. The third kappa shape index (κ3) is 5.42. The number of rotatable bonds is 9. The van der Waals surface area contributed by atoms with Gasteiger partial charge in [-0.15, -0.1) is 0 Å². The normalized spacial score (nSPS) is 15.1. The maximum absolute atomic E-state index is 13.4. The highest BCUT2D eigenvalue weighted by molar-refractivity contribution is 7.99. The average molecular weight is 569 g/mol. The van der Waals surface area contributed by atoms with Crippen LogP contribution in [0, 0.1) is 5.41 Å². The van der Waals surface area contributed by atoms with Crippen molar-refractivity contribution in [1.29, 1.82) is 0 Å². The largest absolute Gasteiger partial charge is 0.496 e. The first-order chi connectivity index (χ1) is 19.1. The first-order valence-corrected chi connectivity index (χ1v) is 14.9. The number of unbranched alkanes of at least 4 members (excludes halogenated alkanes) is 1. The molecule has 3 aromatic carbocycles. The summed E-state index contributed by atoms with van der Waals surface area (Å²) in [5.41, 5.74) is 1.03. The lowest BCUT2D eigenvalue weighted by molar-refractivity contribution is -0.143. The van der Waals surface area contributed by atoms with Crippen LogP contribution in [0.4, 0.5) is 0 Å². The molecule has 0 saturated carbocycles. The molecule has 0 fully saturated rings. The van der Waals surface area contributed by atoms with Crippen molar-refractivity contribution in [2.45, 2.75) is 72.0 Å². The standard InChI is InChI=1S/C32H40O7S/c1-9-10-17-40-22-16-12-14-20-24(22)30(38-18(2)33)26-25(28(20)39-31(34)32(3,4)5)27(36-7)19-13-11-15-21(35-6)23(19)29(26)37-8/h11,13,15,22H,9-10,12,14,16-17H2,1-8H3/t22-/m1/s1. The van der Waals surface area contributed by atoms with E-state index in [0.29, 0.717) is 51.3 Å². The number of thioether (sulfide) groups is 1. The van der Waals surface area contributed by atoms with Crippen LogP contribution >= 0.6 is 11.8 Å². The fourth-order valence-electron chi connectivity index (χ4n) is 5.35. The van der Waals surface area contributed by atoms with Crippen molar-refractivity contribution < 1.29 is 33.3 Å². The van der Waals surface area contributed by atoms with Crippen molar-refractivity contribution in [1.82, 2.24) is 0 Å². The summed E-state index contributed by atoms with van der Waals surface area (Å²) < 4.78 is 30.3. The Hall–Kier alpha value is -3.13. The highest BCUT2D eigenvalue weighted by Crippen LogP contribution is 2.58. The Kier molecular flexibility index (Phi) is 9.08. The van der Waals surface area contributed by atoms with Crippen LogP contribution in [0.1, 0.15) is 76.7 Å². The molecule has 0 saturated heterocycles. The molecule has 1 aliphatic rings. The number of methoxy groups -OCH3 is 3. The molecule has 1 atom stereocenters. The molecule has 0 aliphatic heterocycles. The van der Waals surface area contributed by atoms with Crippen LogP contribution in [0.25, 0.3) is 21.5 Å². The van der Waals surface area contributed by atoms with Crippen LogP contribution in [-0.4, -0.2) is 39.0 Å². The zero-order valence-corrected chi connectivity index (χ0v) is 25.6. The van der Waals surface area contributed by atoms with E-state index in [4.69, 9.17) is 23.7 Å². The molecule has 0 spiro atoms. The number of hydrogen-bond donors (Lipinski definition) is 0. The molecular weight excluding hydrogens is 528 g/mol. The first kappa shape index (κ1) is 29.8. The summed E-state index contributed by atoms with van der Waals surface area (Å²) >= 11 is 1.85. The fraction of sp³-hybridized carbons (Fsp3) is 0.500. The Labute approximate surface area is 240 Å². The van der Waals surface area contributed by atoms with E-state index in [9.17, 15) is 9.59 Å². The molecule has 7 nitrogen and oxygen atoms in total. The number of esters is 2. The van der Waals surface area contributed by atoms with E-state index < -0.39 is 11.4 Å². The number of hydrogen-bond acceptors (Lipinski definition) is 8. The number of carbonyl (C=O) groups is 2. The summed E-state index contributed by atoms with van der Waals surface area (Å²) in [6, 6.07) is 5.65. The van der Waals surface area contributed by atoms with Crippen molar-refractivity contribution in [2.24, 2.45) is 5.41 Å². The summed E-state index contributed by atoms with van der Waals surface area (Å²) in [6.07, 6.45) is 4.69. The maximum atomic E-state index is 13.4. The van der Waals surface area contributed by atoms with Crippen molar-refractivity contribution in [3.63, 3.8) is 0 Å². The zero-order chi connectivity index (χ0) is 29.2. The van der Waals surface area contributed by atoms with Gasteiger partial charge in [0.1, 0.15) is 28.7 Å². The van der Waals surface area contributed by atoms with Crippen molar-refractivity contribution >= 4 is 45.2 Å². The Bertz CT molecular complexity index is 1440. The van der Waals surface area contributed by atoms with E-state index in [2.05, 4.69) is 6.92 Å². The molecule has 4 rings (SSSR count). The Morgan fingerprint density at radius 1 is 0.925 bits per heavy atom. The van der Waals surface area contributed by atoms with Crippen molar-refractivity contribution in [3.05, 3.63) is 29.3 Å². The second kappa shape index (κ2) is 12.2. The van der Waals surface area contributed by atoms with E-state index in [1.54, 1.807) is 21.3 Å². The Morgan fingerprint density at radius 3 is 2.23 bits per heavy atom. The van der Waals surface area contributed by atoms with Crippen LogP contribution in [-0.2, 0) is 16.0 Å². The van der Waals surface area contributed by atoms with E-state index in [1.807, 2.05) is 50.7 Å². The summed E-state index contributed by atoms with van der Waals surface area (Å²) in [5, 5.41) is 2.56. The fourth-order valence-corrected chi connectivity index (χ4v) is 6.84. The number of ether oxygens (including phenoxy) is 5. The van der Waals surface area contributed by atoms with Gasteiger partial charge in [-0.25, -0.2) is 0 Å². The molecule has 0 radical (unpaired) electrons. The molecule has 0 unspecified atom stereocenters. The molecule has 40 heavy (non-hydrogen) atoms. The van der Waals surface area contributed by atoms with Crippen molar-refractivity contribution in [3.8, 4) is 28.7 Å². The van der Waals surface area contributed by atoms with E-state index in [1.165, 1.54) is 6.92 Å². The second-order valence-electron chi connectivity index (χ2n) is 11.1. The highest BCUT2D eigenvalue weighted by atomic mass is 32.2. The maximum Gasteiger partial charge on any atom is 0.316 e. The smallest absolute Gasteiger partial charge is 0.316 e. The van der Waals surface area contributed by atoms with E-state index in [0.717, 1.165) is 47.9 Å². The van der Waals surface area contributed by atoms with Crippen LogP contribution in [0.15, 0.2) is 18.2 Å². The molecule has 0 bridgehead atoms. The predicted octanol–water partition coefficient (Wildman–Crippen LogP) is 7.81. The van der Waals surface area contributed by atoms with Crippen LogP contribution < -0.4 is 23.7 Å². The topological polar surface area (TPSA) is 80.3 Å². The van der Waals surface area contributed by atoms with E-state index >= 15 is 0 Å². The SMILES string of the molecule is CCCCS[C@@H]1CCCc2c1c(OC(C)=O)c1c(OC)c3c(OC)cccc3c(OC)c1c2OC(=O)C(C)(C)C. The second-order valence-corrected chi connectivity index (χ2v) is 12.4. The minimum absolute atomic E-state index is 0.0604. The van der Waals surface area contributed by atoms with Crippen molar-refractivity contribution in [2.75, 3.05) is 27.1 Å². The van der Waals surface area contributed by atoms with Gasteiger partial charge in [0, 0.05) is 28.7 Å². The molecular formula is C32H40O7S. The summed E-state index contributed by atoms with van der Waals surface area (Å²) in [5.74, 6) is 2.61. The molecule has 0 amide bonds. The third-order valence-electron chi connectivity index (χ3n) is 7.21. The highest BCUT2D eigenvalue weighted by Gasteiger charge is 2.37. The lowest BCUT2D eigenvalue weighted by atomic mass is 9.85. The van der Waals surface area contributed by atoms with Gasteiger partial charge in [-0.3, -0.25) is 9.59 Å². The lowest BCUT2D eigenvalue weighted by Crippen LogP contribution is -2.27. The molecule has 0 aromatic heterocycles. The van der Waals surface area contributed by atoms with Gasteiger partial charge in [-0.1, -0.05) is 25.5 Å². The third-order valence-corrected chi connectivity index (χ3v) is 8.61. The number of benzene rings is 3. The first-order valence-electron chi connectivity index (χ1n) is 13.8. The quantitative estimate of drug-likeness (QED) is 0.112. The Morgan fingerprint density at radius 2 is 1.62 bits per heavy atom. The molecule has 0 N–H and O–H groups in total. The van der Waals surface area contributed by atoms with Gasteiger partial charge in [-0.2, -0.15) is 11.8 Å². The summed E-state index contributed by atoms with van der Waals surface area (Å²) in [7, 11) is 4.77. The lowest BCUT2D eigenvalue weighted by Gasteiger charge is -2.32. The zero-order valence-electron chi connectivity index (χ0n) is 24.8. The van der Waals surface area contributed by atoms with Gasteiger partial charge >= 0.3 is 11.9 Å². The minimum Gasteiger partial charge on any atom is -0.496 e. The van der Waals surface area contributed by atoms with E-state index in [-0.39, 0.29) is 11.2 Å². The molecule has 216 valence electrons. The average Bonchev–Trinajstić information content (AvgIpc) is 2.92. The summed E-state index contributed by atoms with van der Waals surface area (Å²) in [4.78, 5) is 26.1.